The Morgan fingerprint density at radius 1 is 1.43 bits per heavy atom. The third-order valence-electron chi connectivity index (χ3n) is 4.22. The van der Waals surface area contributed by atoms with E-state index in [0.29, 0.717) is 35.2 Å². The molecule has 1 aromatic heterocycles. The third kappa shape index (κ3) is 2.57. The Labute approximate surface area is 124 Å². The van der Waals surface area contributed by atoms with Gasteiger partial charge in [0.05, 0.1) is 17.9 Å². The second kappa shape index (κ2) is 5.02. The van der Waals surface area contributed by atoms with Crippen LogP contribution in [-0.2, 0) is 6.54 Å². The Kier molecular flexibility index (Phi) is 3.31. The van der Waals surface area contributed by atoms with Gasteiger partial charge < -0.3 is 10.5 Å². The lowest BCUT2D eigenvalue weighted by Crippen LogP contribution is -2.08. The second-order valence-electron chi connectivity index (χ2n) is 6.23. The molecule has 1 fully saturated rings. The summed E-state index contributed by atoms with van der Waals surface area (Å²) in [5, 5.41) is 12.1. The molecule has 21 heavy (non-hydrogen) atoms. The first-order valence-corrected chi connectivity index (χ1v) is 7.30. The first-order chi connectivity index (χ1) is 10.0. The number of hydrogen-bond donors (Lipinski definition) is 1. The topological polar surface area (TPSA) is 78.8 Å². The Bertz CT molecular complexity index is 649. The molecular formula is C15H21N5O. The molecule has 6 nitrogen and oxygen atoms in total. The van der Waals surface area contributed by atoms with Gasteiger partial charge in [-0.05, 0) is 47.2 Å². The van der Waals surface area contributed by atoms with Gasteiger partial charge in [-0.25, -0.2) is 4.68 Å². The Hall–Kier alpha value is -2.11. The van der Waals surface area contributed by atoms with Crippen molar-refractivity contribution >= 4 is 5.69 Å². The fraction of sp³-hybridized carbons (Fsp3) is 0.533. The van der Waals surface area contributed by atoms with Gasteiger partial charge in [-0.3, -0.25) is 0 Å². The first kappa shape index (κ1) is 13.9. The summed E-state index contributed by atoms with van der Waals surface area (Å²) in [5.74, 6) is 2.00. The molecule has 6 heteroatoms. The Morgan fingerprint density at radius 2 is 2.19 bits per heavy atom. The molecule has 2 aromatic rings. The highest BCUT2D eigenvalue weighted by Crippen LogP contribution is 2.52. The number of nitrogen functional groups attached to an aromatic ring is 1. The number of nitrogens with two attached hydrogens (primary N) is 1. The Balaban J connectivity index is 1.95. The molecule has 1 heterocycles. The largest absolute Gasteiger partial charge is 0.491 e. The van der Waals surface area contributed by atoms with Gasteiger partial charge in [0.1, 0.15) is 0 Å². The van der Waals surface area contributed by atoms with Crippen molar-refractivity contribution in [1.29, 1.82) is 0 Å². The van der Waals surface area contributed by atoms with E-state index in [1.165, 1.54) is 6.42 Å². The lowest BCUT2D eigenvalue weighted by Gasteiger charge is -2.12. The zero-order valence-corrected chi connectivity index (χ0v) is 12.7. The van der Waals surface area contributed by atoms with Crippen molar-refractivity contribution in [3.8, 4) is 17.1 Å². The molecule has 1 atom stereocenters. The SMILES string of the molecule is CCOc1c(N)cccc1-c1nnnn1CC1CC1(C)C. The summed E-state index contributed by atoms with van der Waals surface area (Å²) >= 11 is 0. The van der Waals surface area contributed by atoms with E-state index >= 15 is 0 Å². The number of hydrogen-bond acceptors (Lipinski definition) is 5. The molecule has 1 aliphatic rings. The van der Waals surface area contributed by atoms with E-state index in [2.05, 4.69) is 29.4 Å². The lowest BCUT2D eigenvalue weighted by molar-refractivity contribution is 0.343. The zero-order valence-electron chi connectivity index (χ0n) is 12.7. The number of ether oxygens (including phenoxy) is 1. The quantitative estimate of drug-likeness (QED) is 0.854. The minimum absolute atomic E-state index is 0.391. The summed E-state index contributed by atoms with van der Waals surface area (Å²) in [6.07, 6.45) is 1.21. The molecule has 2 N–H and O–H groups in total. The summed E-state index contributed by atoms with van der Waals surface area (Å²) in [4.78, 5) is 0. The number of para-hydroxylation sites is 1. The van der Waals surface area contributed by atoms with E-state index < -0.39 is 0 Å². The van der Waals surface area contributed by atoms with Gasteiger partial charge in [0.15, 0.2) is 11.6 Å². The average molecular weight is 287 g/mol. The molecule has 1 aromatic carbocycles. The standard InChI is InChI=1S/C15H21N5O/c1-4-21-13-11(6-5-7-12(13)16)14-17-18-19-20(14)9-10-8-15(10,2)3/h5-7,10H,4,8-9,16H2,1-3H3. The van der Waals surface area contributed by atoms with E-state index in [1.54, 1.807) is 0 Å². The van der Waals surface area contributed by atoms with Gasteiger partial charge in [-0.1, -0.05) is 19.9 Å². The van der Waals surface area contributed by atoms with Crippen LogP contribution in [0.4, 0.5) is 5.69 Å². The zero-order chi connectivity index (χ0) is 15.0. The van der Waals surface area contributed by atoms with Crippen LogP contribution in [-0.4, -0.2) is 26.8 Å². The van der Waals surface area contributed by atoms with Crippen molar-refractivity contribution in [2.45, 2.75) is 33.7 Å². The summed E-state index contributed by atoms with van der Waals surface area (Å²) in [7, 11) is 0. The summed E-state index contributed by atoms with van der Waals surface area (Å²) in [5.41, 5.74) is 7.86. The van der Waals surface area contributed by atoms with Crippen molar-refractivity contribution in [1.82, 2.24) is 20.2 Å². The van der Waals surface area contributed by atoms with Crippen LogP contribution < -0.4 is 10.5 Å². The van der Waals surface area contributed by atoms with Crippen molar-refractivity contribution in [2.24, 2.45) is 11.3 Å². The molecule has 112 valence electrons. The number of nitrogens with zero attached hydrogens (tertiary/aromatic N) is 4. The number of tetrazole rings is 1. The predicted molar refractivity (Wildman–Crippen MR) is 80.7 cm³/mol. The van der Waals surface area contributed by atoms with Crippen LogP contribution in [0, 0.1) is 11.3 Å². The van der Waals surface area contributed by atoms with Crippen molar-refractivity contribution in [3.05, 3.63) is 18.2 Å². The van der Waals surface area contributed by atoms with Gasteiger partial charge in [0, 0.05) is 6.54 Å². The summed E-state index contributed by atoms with van der Waals surface area (Å²) < 4.78 is 7.53. The van der Waals surface area contributed by atoms with Gasteiger partial charge >= 0.3 is 0 Å². The summed E-state index contributed by atoms with van der Waals surface area (Å²) in [6, 6.07) is 5.67. The molecule has 3 rings (SSSR count). The predicted octanol–water partition coefficient (Wildman–Crippen LogP) is 2.37. The van der Waals surface area contributed by atoms with E-state index in [0.717, 1.165) is 12.1 Å². The van der Waals surface area contributed by atoms with E-state index in [1.807, 2.05) is 29.8 Å². The Morgan fingerprint density at radius 3 is 2.86 bits per heavy atom. The molecule has 0 amide bonds. The van der Waals surface area contributed by atoms with Gasteiger partial charge in [0.2, 0.25) is 0 Å². The molecular weight excluding hydrogens is 266 g/mol. The van der Waals surface area contributed by atoms with Crippen LogP contribution in [0.3, 0.4) is 0 Å². The number of anilines is 1. The maximum absolute atomic E-state index is 6.02. The molecule has 0 spiro atoms. The maximum atomic E-state index is 6.02. The molecule has 0 bridgehead atoms. The van der Waals surface area contributed by atoms with E-state index in [4.69, 9.17) is 10.5 Å². The first-order valence-electron chi connectivity index (χ1n) is 7.30. The lowest BCUT2D eigenvalue weighted by atomic mass is 10.1. The molecule has 0 aliphatic heterocycles. The van der Waals surface area contributed by atoms with Crippen LogP contribution in [0.2, 0.25) is 0 Å². The fourth-order valence-corrected chi connectivity index (χ4v) is 2.65. The number of benzene rings is 1. The van der Waals surface area contributed by atoms with Gasteiger partial charge in [-0.2, -0.15) is 0 Å². The van der Waals surface area contributed by atoms with Crippen LogP contribution in [0.1, 0.15) is 27.2 Å². The second-order valence-corrected chi connectivity index (χ2v) is 6.23. The van der Waals surface area contributed by atoms with Crippen molar-refractivity contribution in [2.75, 3.05) is 12.3 Å². The van der Waals surface area contributed by atoms with Crippen LogP contribution in [0.25, 0.3) is 11.4 Å². The molecule has 1 aliphatic carbocycles. The van der Waals surface area contributed by atoms with E-state index in [9.17, 15) is 0 Å². The molecule has 1 saturated carbocycles. The fourth-order valence-electron chi connectivity index (χ4n) is 2.65. The highest BCUT2D eigenvalue weighted by Gasteiger charge is 2.46. The summed E-state index contributed by atoms with van der Waals surface area (Å²) in [6.45, 7) is 7.86. The number of rotatable bonds is 5. The van der Waals surface area contributed by atoms with Gasteiger partial charge in [-0.15, -0.1) is 5.10 Å². The van der Waals surface area contributed by atoms with E-state index in [-0.39, 0.29) is 0 Å². The minimum Gasteiger partial charge on any atom is -0.491 e. The molecule has 0 radical (unpaired) electrons. The average Bonchev–Trinajstić information content (AvgIpc) is 2.85. The monoisotopic (exact) mass is 287 g/mol. The molecule has 1 unspecified atom stereocenters. The minimum atomic E-state index is 0.391. The smallest absolute Gasteiger partial charge is 0.185 e. The van der Waals surface area contributed by atoms with Crippen LogP contribution in [0.5, 0.6) is 5.75 Å². The third-order valence-corrected chi connectivity index (χ3v) is 4.22. The molecule has 0 saturated heterocycles. The van der Waals surface area contributed by atoms with Crippen molar-refractivity contribution < 1.29 is 4.74 Å². The van der Waals surface area contributed by atoms with Crippen molar-refractivity contribution in [3.63, 3.8) is 0 Å². The van der Waals surface area contributed by atoms with Crippen LogP contribution >= 0.6 is 0 Å². The normalized spacial score (nSPS) is 19.5. The highest BCUT2D eigenvalue weighted by molar-refractivity contribution is 5.73. The maximum Gasteiger partial charge on any atom is 0.185 e. The highest BCUT2D eigenvalue weighted by atomic mass is 16.5. The number of aromatic nitrogens is 4. The van der Waals surface area contributed by atoms with Crippen LogP contribution in [0.15, 0.2) is 18.2 Å². The van der Waals surface area contributed by atoms with Gasteiger partial charge in [0.25, 0.3) is 0 Å².